The van der Waals surface area contributed by atoms with Crippen molar-refractivity contribution in [3.05, 3.63) is 29.8 Å². The zero-order valence-electron chi connectivity index (χ0n) is 18.3. The van der Waals surface area contributed by atoms with E-state index in [0.29, 0.717) is 25.0 Å². The van der Waals surface area contributed by atoms with Gasteiger partial charge in [0.25, 0.3) is 5.91 Å². The fourth-order valence-electron chi connectivity index (χ4n) is 5.01. The molecule has 3 heterocycles. The van der Waals surface area contributed by atoms with Crippen LogP contribution < -0.4 is 4.74 Å². The third kappa shape index (κ3) is 3.94. The Morgan fingerprint density at radius 3 is 2.43 bits per heavy atom. The molecule has 3 fully saturated rings. The Kier molecular flexibility index (Phi) is 6.30. The highest BCUT2D eigenvalue weighted by Gasteiger charge is 2.58. The monoisotopic (exact) mass is 431 g/mol. The summed E-state index contributed by atoms with van der Waals surface area (Å²) in [6.45, 7) is 6.97. The van der Waals surface area contributed by atoms with Crippen LogP contribution in [0.1, 0.15) is 38.7 Å². The second kappa shape index (κ2) is 8.79. The quantitative estimate of drug-likeness (QED) is 0.646. The Bertz CT molecular complexity index is 768. The largest absolute Gasteiger partial charge is 0.497 e. The average Bonchev–Trinajstić information content (AvgIpc) is 3.35. The SMILES string of the molecule is COc1ccc(CN2C(=O)N(CC(C)C)C3(CCN(C4CCSC4)CC3)C2=O)cc1. The first-order valence-electron chi connectivity index (χ1n) is 11.0. The van der Waals surface area contributed by atoms with Crippen molar-refractivity contribution in [1.29, 1.82) is 0 Å². The van der Waals surface area contributed by atoms with E-state index < -0.39 is 5.54 Å². The number of likely N-dealkylation sites (tertiary alicyclic amines) is 1. The topological polar surface area (TPSA) is 53.1 Å². The first kappa shape index (κ1) is 21.5. The summed E-state index contributed by atoms with van der Waals surface area (Å²) in [5.41, 5.74) is 0.273. The zero-order valence-corrected chi connectivity index (χ0v) is 19.1. The Morgan fingerprint density at radius 2 is 1.87 bits per heavy atom. The van der Waals surface area contributed by atoms with Crippen LogP contribution in [0.5, 0.6) is 5.75 Å². The van der Waals surface area contributed by atoms with E-state index in [1.165, 1.54) is 22.8 Å². The smallest absolute Gasteiger partial charge is 0.327 e. The third-order valence-corrected chi connectivity index (χ3v) is 7.86. The van der Waals surface area contributed by atoms with Gasteiger partial charge in [0, 0.05) is 31.4 Å². The molecule has 3 aliphatic heterocycles. The van der Waals surface area contributed by atoms with E-state index in [1.807, 2.05) is 40.9 Å². The number of nitrogens with zero attached hydrogens (tertiary/aromatic N) is 3. The number of ether oxygens (including phenoxy) is 1. The number of carbonyl (C=O) groups is 2. The molecule has 0 radical (unpaired) electrons. The van der Waals surface area contributed by atoms with Gasteiger partial charge in [0.2, 0.25) is 0 Å². The number of hydrogen-bond donors (Lipinski definition) is 0. The second-order valence-electron chi connectivity index (χ2n) is 9.11. The van der Waals surface area contributed by atoms with Crippen LogP contribution in [0.15, 0.2) is 24.3 Å². The Balaban J connectivity index is 1.53. The number of urea groups is 1. The Labute approximate surface area is 183 Å². The van der Waals surface area contributed by atoms with Crippen LogP contribution >= 0.6 is 11.8 Å². The van der Waals surface area contributed by atoms with Gasteiger partial charge in [0.15, 0.2) is 0 Å². The first-order chi connectivity index (χ1) is 14.4. The highest BCUT2D eigenvalue weighted by molar-refractivity contribution is 7.99. The summed E-state index contributed by atoms with van der Waals surface area (Å²) in [6.07, 6.45) is 2.72. The molecule has 1 aromatic carbocycles. The van der Waals surface area contributed by atoms with Crippen molar-refractivity contribution in [3.8, 4) is 5.75 Å². The van der Waals surface area contributed by atoms with Crippen molar-refractivity contribution in [3.63, 3.8) is 0 Å². The molecule has 3 saturated heterocycles. The first-order valence-corrected chi connectivity index (χ1v) is 12.2. The average molecular weight is 432 g/mol. The van der Waals surface area contributed by atoms with Gasteiger partial charge in [0.1, 0.15) is 11.3 Å². The summed E-state index contributed by atoms with van der Waals surface area (Å²) in [5.74, 6) is 3.51. The summed E-state index contributed by atoms with van der Waals surface area (Å²) in [7, 11) is 1.63. The molecule has 1 unspecified atom stereocenters. The van der Waals surface area contributed by atoms with E-state index in [9.17, 15) is 9.59 Å². The van der Waals surface area contributed by atoms with Crippen molar-refractivity contribution < 1.29 is 14.3 Å². The zero-order chi connectivity index (χ0) is 21.3. The van der Waals surface area contributed by atoms with Gasteiger partial charge in [-0.05, 0) is 48.6 Å². The summed E-state index contributed by atoms with van der Waals surface area (Å²) in [4.78, 5) is 33.0. The maximum Gasteiger partial charge on any atom is 0.327 e. The number of amides is 3. The van der Waals surface area contributed by atoms with E-state index >= 15 is 0 Å². The number of hydrogen-bond acceptors (Lipinski definition) is 5. The lowest BCUT2D eigenvalue weighted by atomic mass is 9.84. The standard InChI is InChI=1S/C23H33N3O3S/c1-17(2)14-26-22(28)25(15-18-4-6-20(29-3)7-5-18)21(27)23(26)9-11-24(12-10-23)19-8-13-30-16-19/h4-7,17,19H,8-16H2,1-3H3. The predicted octanol–water partition coefficient (Wildman–Crippen LogP) is 3.46. The summed E-state index contributed by atoms with van der Waals surface area (Å²) >= 11 is 2.02. The van der Waals surface area contributed by atoms with Crippen LogP contribution in [0.2, 0.25) is 0 Å². The Morgan fingerprint density at radius 1 is 1.17 bits per heavy atom. The van der Waals surface area contributed by atoms with Crippen molar-refractivity contribution in [2.45, 2.75) is 51.2 Å². The molecule has 164 valence electrons. The lowest BCUT2D eigenvalue weighted by Crippen LogP contribution is -2.58. The summed E-state index contributed by atoms with van der Waals surface area (Å²) < 4.78 is 5.22. The highest BCUT2D eigenvalue weighted by Crippen LogP contribution is 2.40. The van der Waals surface area contributed by atoms with Crippen molar-refractivity contribution >= 4 is 23.7 Å². The molecule has 0 aliphatic carbocycles. The summed E-state index contributed by atoms with van der Waals surface area (Å²) in [6, 6.07) is 8.11. The maximum absolute atomic E-state index is 13.7. The van der Waals surface area contributed by atoms with Gasteiger partial charge < -0.3 is 9.64 Å². The number of methoxy groups -OCH3 is 1. The molecule has 1 atom stereocenters. The van der Waals surface area contributed by atoms with E-state index in [0.717, 1.165) is 37.2 Å². The molecule has 0 bridgehead atoms. The van der Waals surface area contributed by atoms with Crippen LogP contribution in [-0.4, -0.2) is 76.5 Å². The van der Waals surface area contributed by atoms with Gasteiger partial charge in [-0.2, -0.15) is 11.8 Å². The molecule has 0 N–H and O–H groups in total. The molecule has 30 heavy (non-hydrogen) atoms. The minimum Gasteiger partial charge on any atom is -0.497 e. The molecule has 6 nitrogen and oxygen atoms in total. The van der Waals surface area contributed by atoms with Crippen molar-refractivity contribution in [1.82, 2.24) is 14.7 Å². The third-order valence-electron chi connectivity index (χ3n) is 6.72. The van der Waals surface area contributed by atoms with Crippen LogP contribution in [0.4, 0.5) is 4.79 Å². The maximum atomic E-state index is 13.7. The molecule has 4 rings (SSSR count). The normalized spacial score (nSPS) is 24.5. The number of thioether (sulfide) groups is 1. The van der Waals surface area contributed by atoms with Crippen LogP contribution in [0, 0.1) is 5.92 Å². The lowest BCUT2D eigenvalue weighted by molar-refractivity contribution is -0.136. The highest BCUT2D eigenvalue weighted by atomic mass is 32.2. The van der Waals surface area contributed by atoms with Gasteiger partial charge in [-0.1, -0.05) is 26.0 Å². The molecule has 3 aliphatic rings. The fraction of sp³-hybridized carbons (Fsp3) is 0.652. The van der Waals surface area contributed by atoms with E-state index in [1.54, 1.807) is 7.11 Å². The summed E-state index contributed by atoms with van der Waals surface area (Å²) in [5, 5.41) is 0. The van der Waals surface area contributed by atoms with E-state index in [2.05, 4.69) is 18.7 Å². The molecule has 7 heteroatoms. The Hall–Kier alpha value is -1.73. The number of piperidine rings is 1. The number of imide groups is 1. The molecule has 0 aromatic heterocycles. The molecule has 1 aromatic rings. The van der Waals surface area contributed by atoms with Crippen LogP contribution in [0.25, 0.3) is 0 Å². The van der Waals surface area contributed by atoms with Gasteiger partial charge in [-0.25, -0.2) is 4.79 Å². The number of rotatable bonds is 6. The molecule has 1 spiro atoms. The van der Waals surface area contributed by atoms with Crippen molar-refractivity contribution in [2.24, 2.45) is 5.92 Å². The predicted molar refractivity (Wildman–Crippen MR) is 120 cm³/mol. The number of carbonyl (C=O) groups excluding carboxylic acids is 2. The lowest BCUT2D eigenvalue weighted by Gasteiger charge is -2.44. The van der Waals surface area contributed by atoms with Gasteiger partial charge in [0.05, 0.1) is 13.7 Å². The van der Waals surface area contributed by atoms with Gasteiger partial charge in [-0.3, -0.25) is 14.6 Å². The molecular weight excluding hydrogens is 398 g/mol. The number of benzene rings is 1. The van der Waals surface area contributed by atoms with E-state index in [-0.39, 0.29) is 11.9 Å². The van der Waals surface area contributed by atoms with Crippen LogP contribution in [-0.2, 0) is 11.3 Å². The molecular formula is C23H33N3O3S. The minimum atomic E-state index is -0.671. The van der Waals surface area contributed by atoms with E-state index in [4.69, 9.17) is 4.74 Å². The second-order valence-corrected chi connectivity index (χ2v) is 10.3. The fourth-order valence-corrected chi connectivity index (χ4v) is 6.26. The minimum absolute atomic E-state index is 0.00980. The van der Waals surface area contributed by atoms with Gasteiger partial charge >= 0.3 is 6.03 Å². The molecule has 3 amide bonds. The molecule has 0 saturated carbocycles. The van der Waals surface area contributed by atoms with Gasteiger partial charge in [-0.15, -0.1) is 0 Å². The van der Waals surface area contributed by atoms with Crippen molar-refractivity contribution in [2.75, 3.05) is 38.2 Å². The van der Waals surface area contributed by atoms with Crippen LogP contribution in [0.3, 0.4) is 0 Å².